The van der Waals surface area contributed by atoms with Crippen LogP contribution in [0, 0.1) is 17.7 Å². The van der Waals surface area contributed by atoms with Crippen LogP contribution in [0.5, 0.6) is 0 Å². The van der Waals surface area contributed by atoms with Crippen LogP contribution in [0.2, 0.25) is 0 Å². The van der Waals surface area contributed by atoms with E-state index in [1.54, 1.807) is 12.1 Å². The van der Waals surface area contributed by atoms with Gasteiger partial charge in [0.15, 0.2) is 0 Å². The first kappa shape index (κ1) is 17.4. The van der Waals surface area contributed by atoms with Crippen molar-refractivity contribution in [1.82, 2.24) is 16.2 Å². The number of hydrazine groups is 1. The molecule has 1 aliphatic carbocycles. The number of hydrogen-bond acceptors (Lipinski definition) is 5. The van der Waals surface area contributed by atoms with Gasteiger partial charge < -0.3 is 10.1 Å². The molecule has 4 rings (SSSR count). The number of rotatable bonds is 4. The van der Waals surface area contributed by atoms with Crippen molar-refractivity contribution in [3.63, 3.8) is 0 Å². The lowest BCUT2D eigenvalue weighted by Gasteiger charge is -2.28. The van der Waals surface area contributed by atoms with Gasteiger partial charge in [0.2, 0.25) is 5.91 Å². The van der Waals surface area contributed by atoms with Gasteiger partial charge in [0, 0.05) is 19.0 Å². The maximum Gasteiger partial charge on any atom is 0.307 e. The number of nitrogens with one attached hydrogen (secondary N) is 3. The number of carbonyl (C=O) groups excluding carboxylic acids is 2. The molecule has 0 bridgehead atoms. The van der Waals surface area contributed by atoms with Crippen molar-refractivity contribution in [2.75, 3.05) is 13.1 Å². The summed E-state index contributed by atoms with van der Waals surface area (Å²) in [6.45, 7) is 1.19. The molecule has 3 atom stereocenters. The highest BCUT2D eigenvalue weighted by molar-refractivity contribution is 5.88. The zero-order valence-corrected chi connectivity index (χ0v) is 14.6. The summed E-state index contributed by atoms with van der Waals surface area (Å²) < 4.78 is 18.7. The molecule has 1 saturated carbocycles. The van der Waals surface area contributed by atoms with Crippen LogP contribution in [-0.4, -0.2) is 30.6 Å². The Kier molecular flexibility index (Phi) is 4.67. The van der Waals surface area contributed by atoms with Crippen molar-refractivity contribution in [3.05, 3.63) is 35.6 Å². The topological polar surface area (TPSA) is 79.5 Å². The van der Waals surface area contributed by atoms with Crippen molar-refractivity contribution in [1.29, 1.82) is 0 Å². The second-order valence-corrected chi connectivity index (χ2v) is 7.56. The molecule has 6 nitrogen and oxygen atoms in total. The number of ether oxygens (including phenoxy) is 1. The number of halogens is 1. The summed E-state index contributed by atoms with van der Waals surface area (Å²) in [5.41, 5.74) is 6.69. The minimum Gasteiger partial charge on any atom is -0.458 e. The summed E-state index contributed by atoms with van der Waals surface area (Å²) in [7, 11) is 0. The largest absolute Gasteiger partial charge is 0.458 e. The molecule has 3 N–H and O–H groups in total. The van der Waals surface area contributed by atoms with Crippen LogP contribution in [0.1, 0.15) is 43.7 Å². The molecule has 140 valence electrons. The highest BCUT2D eigenvalue weighted by Crippen LogP contribution is 2.45. The second-order valence-electron chi connectivity index (χ2n) is 7.56. The summed E-state index contributed by atoms with van der Waals surface area (Å²) in [6.07, 6.45) is 3.73. The number of benzene rings is 1. The smallest absolute Gasteiger partial charge is 0.307 e. The predicted octanol–water partition coefficient (Wildman–Crippen LogP) is 1.58. The van der Waals surface area contributed by atoms with Crippen LogP contribution in [0.25, 0.3) is 0 Å². The van der Waals surface area contributed by atoms with Crippen LogP contribution in [-0.2, 0) is 14.3 Å². The second kappa shape index (κ2) is 6.96. The minimum absolute atomic E-state index is 0.00204. The van der Waals surface area contributed by atoms with Crippen molar-refractivity contribution in [2.45, 2.75) is 43.7 Å². The highest BCUT2D eigenvalue weighted by atomic mass is 19.1. The van der Waals surface area contributed by atoms with E-state index in [1.807, 2.05) is 0 Å². The Morgan fingerprint density at radius 1 is 1.27 bits per heavy atom. The molecule has 1 amide bonds. The average molecular weight is 361 g/mol. The molecule has 3 aliphatic rings. The number of amides is 1. The van der Waals surface area contributed by atoms with E-state index in [0.717, 1.165) is 31.2 Å². The van der Waals surface area contributed by atoms with Crippen LogP contribution in [0.15, 0.2) is 24.3 Å². The van der Waals surface area contributed by atoms with Gasteiger partial charge in [-0.25, -0.2) is 9.82 Å². The van der Waals surface area contributed by atoms with Crippen molar-refractivity contribution in [3.8, 4) is 0 Å². The van der Waals surface area contributed by atoms with Gasteiger partial charge in [-0.2, -0.15) is 0 Å². The molecule has 0 radical (unpaired) electrons. The van der Waals surface area contributed by atoms with Gasteiger partial charge in [-0.05, 0) is 43.4 Å². The highest BCUT2D eigenvalue weighted by Gasteiger charge is 2.53. The molecule has 1 aromatic rings. The monoisotopic (exact) mass is 361 g/mol. The van der Waals surface area contributed by atoms with E-state index in [4.69, 9.17) is 4.74 Å². The third kappa shape index (κ3) is 3.21. The molecule has 2 saturated heterocycles. The van der Waals surface area contributed by atoms with Crippen molar-refractivity contribution >= 4 is 11.9 Å². The summed E-state index contributed by atoms with van der Waals surface area (Å²) in [4.78, 5) is 24.6. The normalized spacial score (nSPS) is 29.9. The molecule has 0 aromatic heterocycles. The first-order valence-electron chi connectivity index (χ1n) is 9.31. The van der Waals surface area contributed by atoms with E-state index in [9.17, 15) is 14.0 Å². The Morgan fingerprint density at radius 2 is 2.00 bits per heavy atom. The van der Waals surface area contributed by atoms with E-state index >= 15 is 0 Å². The molecule has 3 fully saturated rings. The van der Waals surface area contributed by atoms with E-state index in [-0.39, 0.29) is 42.0 Å². The predicted molar refractivity (Wildman–Crippen MR) is 92.2 cm³/mol. The maximum absolute atomic E-state index is 13.1. The summed E-state index contributed by atoms with van der Waals surface area (Å²) in [6, 6.07) is 6.39. The Bertz CT molecular complexity index is 688. The van der Waals surface area contributed by atoms with Crippen molar-refractivity contribution < 1.29 is 18.7 Å². The molecular formula is C19H24FN3O3. The Morgan fingerprint density at radius 3 is 2.73 bits per heavy atom. The van der Waals surface area contributed by atoms with Crippen LogP contribution >= 0.6 is 0 Å². The van der Waals surface area contributed by atoms with Gasteiger partial charge in [-0.15, -0.1) is 0 Å². The maximum atomic E-state index is 13.1. The number of hydrogen-bond donors (Lipinski definition) is 3. The van der Waals surface area contributed by atoms with E-state index in [2.05, 4.69) is 16.2 Å². The Hall–Kier alpha value is -1.99. The fourth-order valence-electron chi connectivity index (χ4n) is 4.55. The molecule has 3 unspecified atom stereocenters. The Balaban J connectivity index is 1.39. The van der Waals surface area contributed by atoms with Gasteiger partial charge in [0.05, 0.1) is 18.4 Å². The fourth-order valence-corrected chi connectivity index (χ4v) is 4.55. The van der Waals surface area contributed by atoms with Crippen LogP contribution in [0.4, 0.5) is 4.39 Å². The summed E-state index contributed by atoms with van der Waals surface area (Å²) in [5, 5.41) is 3.02. The molecule has 1 aromatic carbocycles. The third-order valence-electron chi connectivity index (χ3n) is 5.95. The van der Waals surface area contributed by atoms with Crippen LogP contribution < -0.4 is 16.2 Å². The van der Waals surface area contributed by atoms with Gasteiger partial charge in [0.1, 0.15) is 11.4 Å². The molecule has 1 spiro atoms. The molecule has 7 heteroatoms. The number of esters is 1. The quantitative estimate of drug-likeness (QED) is 0.710. The zero-order chi connectivity index (χ0) is 18.1. The third-order valence-corrected chi connectivity index (χ3v) is 5.95. The minimum atomic E-state index is -0.580. The molecular weight excluding hydrogens is 337 g/mol. The number of carbonyl (C=O) groups is 2. The average Bonchev–Trinajstić information content (AvgIpc) is 3.35. The standard InChI is InChI=1S/C19H24FN3O3/c20-14-5-3-12(4-6-14)17-13(11-22-23-17)10-21-18(25)15-9-16(24)26-19(15)7-1-2-8-19/h3-6,13,15,17,22-23H,1-2,7-11H2,(H,21,25). The lowest BCUT2D eigenvalue weighted by Crippen LogP contribution is -2.44. The summed E-state index contributed by atoms with van der Waals surface area (Å²) in [5.74, 6) is -0.869. The molecule has 2 heterocycles. The summed E-state index contributed by atoms with van der Waals surface area (Å²) >= 11 is 0. The van der Waals surface area contributed by atoms with Gasteiger partial charge in [-0.1, -0.05) is 12.1 Å². The Labute approximate surface area is 151 Å². The molecule has 2 aliphatic heterocycles. The van der Waals surface area contributed by atoms with E-state index in [1.165, 1.54) is 12.1 Å². The first-order chi connectivity index (χ1) is 12.6. The van der Waals surface area contributed by atoms with Gasteiger partial charge >= 0.3 is 5.97 Å². The lowest BCUT2D eigenvalue weighted by atomic mass is 9.85. The zero-order valence-electron chi connectivity index (χ0n) is 14.6. The van der Waals surface area contributed by atoms with Gasteiger partial charge in [0.25, 0.3) is 0 Å². The van der Waals surface area contributed by atoms with Crippen molar-refractivity contribution in [2.24, 2.45) is 11.8 Å². The molecule has 26 heavy (non-hydrogen) atoms. The lowest BCUT2D eigenvalue weighted by molar-refractivity contribution is -0.149. The van der Waals surface area contributed by atoms with E-state index in [0.29, 0.717) is 13.1 Å². The van der Waals surface area contributed by atoms with Gasteiger partial charge in [-0.3, -0.25) is 15.0 Å². The SMILES string of the molecule is O=C1CC(C(=O)NCC2CNNC2c2ccc(F)cc2)C2(CCCC2)O1. The van der Waals surface area contributed by atoms with E-state index < -0.39 is 5.60 Å². The fraction of sp³-hybridized carbons (Fsp3) is 0.579. The first-order valence-corrected chi connectivity index (χ1v) is 9.31. The van der Waals surface area contributed by atoms with Crippen LogP contribution in [0.3, 0.4) is 0 Å².